The summed E-state index contributed by atoms with van der Waals surface area (Å²) in [5, 5.41) is 2.40. The van der Waals surface area contributed by atoms with Crippen molar-refractivity contribution in [3.63, 3.8) is 0 Å². The molecule has 0 unspecified atom stereocenters. The summed E-state index contributed by atoms with van der Waals surface area (Å²) in [5.41, 5.74) is 0.715. The van der Waals surface area contributed by atoms with Gasteiger partial charge in [-0.1, -0.05) is 12.1 Å². The fourth-order valence-electron chi connectivity index (χ4n) is 1.55. The SMILES string of the molecule is COc1ccc(-c2cn(CNC=O)oc2=O)cc1. The van der Waals surface area contributed by atoms with E-state index in [0.717, 1.165) is 5.56 Å². The summed E-state index contributed by atoms with van der Waals surface area (Å²) >= 11 is 0. The number of amides is 1. The highest BCUT2D eigenvalue weighted by atomic mass is 16.5. The van der Waals surface area contributed by atoms with Crippen LogP contribution >= 0.6 is 0 Å². The van der Waals surface area contributed by atoms with E-state index >= 15 is 0 Å². The Bertz CT molecular complexity index is 583. The van der Waals surface area contributed by atoms with Gasteiger partial charge in [-0.3, -0.25) is 4.79 Å². The minimum Gasteiger partial charge on any atom is -0.497 e. The van der Waals surface area contributed by atoms with Crippen LogP contribution in [0.4, 0.5) is 0 Å². The van der Waals surface area contributed by atoms with Crippen molar-refractivity contribution in [3.05, 3.63) is 40.9 Å². The van der Waals surface area contributed by atoms with E-state index in [1.165, 1.54) is 4.74 Å². The average molecular weight is 248 g/mol. The van der Waals surface area contributed by atoms with Crippen LogP contribution in [0.15, 0.2) is 39.8 Å². The molecule has 6 heteroatoms. The predicted octanol–water partition coefficient (Wildman–Crippen LogP) is 0.820. The molecule has 0 bridgehead atoms. The summed E-state index contributed by atoms with van der Waals surface area (Å²) in [6.07, 6.45) is 2.08. The number of nitrogens with one attached hydrogen (secondary N) is 1. The fourth-order valence-corrected chi connectivity index (χ4v) is 1.55. The van der Waals surface area contributed by atoms with Gasteiger partial charge < -0.3 is 14.6 Å². The zero-order chi connectivity index (χ0) is 13.0. The van der Waals surface area contributed by atoms with E-state index in [9.17, 15) is 9.59 Å². The van der Waals surface area contributed by atoms with Crippen molar-refractivity contribution in [3.8, 4) is 16.9 Å². The molecule has 6 nitrogen and oxygen atoms in total. The Kier molecular flexibility index (Phi) is 3.47. The number of carbonyl (C=O) groups excluding carboxylic acids is 1. The van der Waals surface area contributed by atoms with Crippen molar-refractivity contribution in [1.82, 2.24) is 10.1 Å². The largest absolute Gasteiger partial charge is 0.497 e. The lowest BCUT2D eigenvalue weighted by molar-refractivity contribution is -0.110. The maximum Gasteiger partial charge on any atom is 0.365 e. The van der Waals surface area contributed by atoms with Gasteiger partial charge in [-0.2, -0.15) is 4.74 Å². The first-order chi connectivity index (χ1) is 8.74. The van der Waals surface area contributed by atoms with Crippen molar-refractivity contribution < 1.29 is 14.1 Å². The van der Waals surface area contributed by atoms with Crippen molar-refractivity contribution in [2.75, 3.05) is 7.11 Å². The van der Waals surface area contributed by atoms with E-state index in [2.05, 4.69) is 5.32 Å². The van der Waals surface area contributed by atoms with Gasteiger partial charge in [0.2, 0.25) is 6.41 Å². The summed E-state index contributed by atoms with van der Waals surface area (Å²) in [4.78, 5) is 21.8. The van der Waals surface area contributed by atoms with Gasteiger partial charge in [-0.15, -0.1) is 0 Å². The van der Waals surface area contributed by atoms with Gasteiger partial charge in [0.25, 0.3) is 0 Å². The number of nitrogens with zero attached hydrogens (tertiary/aromatic N) is 1. The number of benzene rings is 1. The van der Waals surface area contributed by atoms with Gasteiger partial charge in [-0.25, -0.2) is 4.79 Å². The molecule has 18 heavy (non-hydrogen) atoms. The Morgan fingerprint density at radius 3 is 2.72 bits per heavy atom. The molecule has 0 saturated heterocycles. The van der Waals surface area contributed by atoms with E-state index in [-0.39, 0.29) is 6.67 Å². The molecular weight excluding hydrogens is 236 g/mol. The topological polar surface area (TPSA) is 73.5 Å². The molecule has 0 radical (unpaired) electrons. The molecule has 1 heterocycles. The molecule has 2 rings (SSSR count). The Morgan fingerprint density at radius 1 is 1.39 bits per heavy atom. The zero-order valence-corrected chi connectivity index (χ0v) is 9.75. The first-order valence-corrected chi connectivity index (χ1v) is 5.27. The van der Waals surface area contributed by atoms with Gasteiger partial charge >= 0.3 is 5.63 Å². The van der Waals surface area contributed by atoms with Gasteiger partial charge in [0, 0.05) is 0 Å². The Balaban J connectivity index is 2.28. The van der Waals surface area contributed by atoms with Crippen LogP contribution in [-0.2, 0) is 11.5 Å². The fraction of sp³-hybridized carbons (Fsp3) is 0.167. The minimum absolute atomic E-state index is 0.120. The zero-order valence-electron chi connectivity index (χ0n) is 9.75. The second kappa shape index (κ2) is 5.22. The molecule has 0 aliphatic heterocycles. The van der Waals surface area contributed by atoms with Gasteiger partial charge in [0.1, 0.15) is 12.4 Å². The van der Waals surface area contributed by atoms with Crippen LogP contribution in [0.3, 0.4) is 0 Å². The number of methoxy groups -OCH3 is 1. The first kappa shape index (κ1) is 12.0. The third kappa shape index (κ3) is 2.42. The summed E-state index contributed by atoms with van der Waals surface area (Å²) in [5.74, 6) is 0.713. The molecule has 1 aromatic heterocycles. The second-order valence-electron chi connectivity index (χ2n) is 3.55. The average Bonchev–Trinajstić information content (AvgIpc) is 2.78. The molecule has 0 spiro atoms. The second-order valence-corrected chi connectivity index (χ2v) is 3.55. The number of aromatic nitrogens is 1. The van der Waals surface area contributed by atoms with Gasteiger partial charge in [-0.05, 0) is 17.7 Å². The monoisotopic (exact) mass is 248 g/mol. The molecule has 0 aliphatic rings. The number of hydrogen-bond acceptors (Lipinski definition) is 4. The molecule has 0 saturated carbocycles. The third-order valence-electron chi connectivity index (χ3n) is 2.42. The molecule has 1 aromatic carbocycles. The molecule has 1 amide bonds. The molecule has 0 atom stereocenters. The summed E-state index contributed by atoms with van der Waals surface area (Å²) in [6, 6.07) is 7.05. The first-order valence-electron chi connectivity index (χ1n) is 5.27. The standard InChI is InChI=1S/C12H12N2O4/c1-17-10-4-2-9(3-5-10)11-6-14(7-13-8-15)18-12(11)16/h2-6,8H,7H2,1H3,(H,13,15). The maximum atomic E-state index is 11.6. The number of rotatable bonds is 5. The quantitative estimate of drug-likeness (QED) is 0.795. The number of hydrogen-bond donors (Lipinski definition) is 1. The molecular formula is C12H12N2O4. The molecule has 0 aliphatic carbocycles. The van der Waals surface area contributed by atoms with Crippen molar-refractivity contribution in [1.29, 1.82) is 0 Å². The predicted molar refractivity (Wildman–Crippen MR) is 64.2 cm³/mol. The maximum absolute atomic E-state index is 11.6. The van der Waals surface area contributed by atoms with Crippen LogP contribution in [0, 0.1) is 0 Å². The lowest BCUT2D eigenvalue weighted by Crippen LogP contribution is -2.15. The van der Waals surface area contributed by atoms with E-state index in [4.69, 9.17) is 9.26 Å². The lowest BCUT2D eigenvalue weighted by Gasteiger charge is -2.00. The summed E-state index contributed by atoms with van der Waals surface area (Å²) in [6.45, 7) is 0.120. The summed E-state index contributed by atoms with van der Waals surface area (Å²) in [7, 11) is 1.57. The minimum atomic E-state index is -0.451. The Hall–Kier alpha value is -2.50. The highest BCUT2D eigenvalue weighted by Crippen LogP contribution is 2.19. The normalized spacial score (nSPS) is 10.1. The van der Waals surface area contributed by atoms with Crippen LogP contribution in [-0.4, -0.2) is 18.3 Å². The van der Waals surface area contributed by atoms with Gasteiger partial charge in [0.05, 0.1) is 18.9 Å². The Labute approximate surface area is 103 Å². The van der Waals surface area contributed by atoms with Crippen molar-refractivity contribution >= 4 is 6.41 Å². The highest BCUT2D eigenvalue weighted by Gasteiger charge is 2.09. The van der Waals surface area contributed by atoms with Crippen LogP contribution < -0.4 is 15.7 Å². The van der Waals surface area contributed by atoms with Crippen LogP contribution in [0.1, 0.15) is 0 Å². The molecule has 94 valence electrons. The lowest BCUT2D eigenvalue weighted by atomic mass is 10.1. The van der Waals surface area contributed by atoms with E-state index in [1.807, 2.05) is 0 Å². The van der Waals surface area contributed by atoms with Gasteiger partial charge in [0.15, 0.2) is 0 Å². The van der Waals surface area contributed by atoms with Crippen molar-refractivity contribution in [2.24, 2.45) is 0 Å². The number of carbonyl (C=O) groups is 1. The molecule has 0 fully saturated rings. The third-order valence-corrected chi connectivity index (χ3v) is 2.42. The number of ether oxygens (including phenoxy) is 1. The van der Waals surface area contributed by atoms with Crippen LogP contribution in [0.2, 0.25) is 0 Å². The van der Waals surface area contributed by atoms with Crippen LogP contribution in [0.25, 0.3) is 11.1 Å². The van der Waals surface area contributed by atoms with E-state index in [0.29, 0.717) is 17.7 Å². The van der Waals surface area contributed by atoms with Crippen LogP contribution in [0.5, 0.6) is 5.75 Å². The van der Waals surface area contributed by atoms with Crippen molar-refractivity contribution in [2.45, 2.75) is 6.67 Å². The highest BCUT2D eigenvalue weighted by molar-refractivity contribution is 5.62. The Morgan fingerprint density at radius 2 is 2.11 bits per heavy atom. The summed E-state index contributed by atoms with van der Waals surface area (Å²) < 4.78 is 11.2. The smallest absolute Gasteiger partial charge is 0.365 e. The van der Waals surface area contributed by atoms with E-state index < -0.39 is 5.63 Å². The molecule has 2 aromatic rings. The molecule has 1 N–H and O–H groups in total. The van der Waals surface area contributed by atoms with E-state index in [1.54, 1.807) is 37.6 Å².